The largest absolute Gasteiger partial charge is 0.477 e. The van der Waals surface area contributed by atoms with E-state index in [1.165, 1.54) is 29.1 Å². The van der Waals surface area contributed by atoms with Gasteiger partial charge in [-0.1, -0.05) is 0 Å². The molecule has 0 atom stereocenters. The molecule has 0 spiro atoms. The summed E-state index contributed by atoms with van der Waals surface area (Å²) < 4.78 is 45.9. The fourth-order valence-corrected chi connectivity index (χ4v) is 4.85. The van der Waals surface area contributed by atoms with Crippen molar-refractivity contribution in [2.75, 3.05) is 18.5 Å². The van der Waals surface area contributed by atoms with Crippen LogP contribution in [0.5, 0.6) is 0 Å². The zero-order chi connectivity index (χ0) is 29.9. The van der Waals surface area contributed by atoms with E-state index in [1.807, 2.05) is 0 Å². The summed E-state index contributed by atoms with van der Waals surface area (Å²) in [6.07, 6.45) is -1.10. The van der Waals surface area contributed by atoms with Gasteiger partial charge in [-0.05, 0) is 19.1 Å². The maximum absolute atomic E-state index is 13.3. The molecule has 0 radical (unpaired) electrons. The maximum atomic E-state index is 13.3. The summed E-state index contributed by atoms with van der Waals surface area (Å²) in [7, 11) is -2.67. The summed E-state index contributed by atoms with van der Waals surface area (Å²) in [6.45, 7) is 1.68. The molecule has 13 nitrogen and oxygen atoms in total. The highest BCUT2D eigenvalue weighted by Crippen LogP contribution is 2.38. The average molecular weight is 612 g/mol. The van der Waals surface area contributed by atoms with Gasteiger partial charge in [-0.3, -0.25) is 10.1 Å². The molecule has 4 heterocycles. The first-order valence-corrected chi connectivity index (χ1v) is 13.6. The smallest absolute Gasteiger partial charge is 0.434 e. The minimum absolute atomic E-state index is 0.00968. The van der Waals surface area contributed by atoms with Crippen LogP contribution in [0.25, 0.3) is 32.7 Å². The van der Waals surface area contributed by atoms with Gasteiger partial charge in [0, 0.05) is 53.8 Å². The van der Waals surface area contributed by atoms with Gasteiger partial charge >= 0.3 is 26.8 Å². The van der Waals surface area contributed by atoms with E-state index in [4.69, 9.17) is 14.3 Å². The van der Waals surface area contributed by atoms with Crippen molar-refractivity contribution < 1.29 is 42.2 Å². The van der Waals surface area contributed by atoms with E-state index in [2.05, 4.69) is 25.6 Å². The third kappa shape index (κ3) is 6.83. The van der Waals surface area contributed by atoms with Crippen LogP contribution in [0.2, 0.25) is 0 Å². The van der Waals surface area contributed by atoms with Gasteiger partial charge < -0.3 is 29.3 Å². The molecular weight excluding hydrogens is 592 g/mol. The molecule has 0 unspecified atom stereocenters. The maximum Gasteiger partial charge on any atom is 0.434 e. The number of carbonyl (C=O) groups excluding carboxylic acids is 1. The first-order valence-electron chi connectivity index (χ1n) is 11.5. The molecule has 216 valence electrons. The fraction of sp³-hybridized carbons (Fsp3) is 0.217. The SMILES string of the molecule is CCNC(=O)Nc1cc(-c2nc(C(F)(F)F)cs2)c(-c2cnc3c(c2)c(=O)c(C(=O)O)cn3CCOP(O)O)cn1. The molecule has 4 rings (SSSR count). The number of thiazole rings is 1. The van der Waals surface area contributed by atoms with Crippen LogP contribution < -0.4 is 16.1 Å². The predicted molar refractivity (Wildman–Crippen MR) is 142 cm³/mol. The van der Waals surface area contributed by atoms with Crippen LogP contribution in [-0.4, -0.2) is 59.6 Å². The molecule has 2 amide bonds. The van der Waals surface area contributed by atoms with Crippen LogP contribution >= 0.6 is 19.9 Å². The van der Waals surface area contributed by atoms with Crippen LogP contribution in [0.4, 0.5) is 23.8 Å². The summed E-state index contributed by atoms with van der Waals surface area (Å²) >= 11 is 0.699. The summed E-state index contributed by atoms with van der Waals surface area (Å²) in [4.78, 5) is 66.9. The predicted octanol–water partition coefficient (Wildman–Crippen LogP) is 3.67. The van der Waals surface area contributed by atoms with Gasteiger partial charge in [-0.2, -0.15) is 13.2 Å². The van der Waals surface area contributed by atoms with Crippen LogP contribution in [0.3, 0.4) is 0 Å². The number of nitrogens with one attached hydrogen (secondary N) is 2. The number of pyridine rings is 3. The van der Waals surface area contributed by atoms with Crippen molar-refractivity contribution in [3.05, 3.63) is 57.6 Å². The van der Waals surface area contributed by atoms with Crippen LogP contribution in [0.1, 0.15) is 23.0 Å². The van der Waals surface area contributed by atoms with E-state index >= 15 is 0 Å². The van der Waals surface area contributed by atoms with Crippen molar-refractivity contribution in [3.8, 4) is 21.7 Å². The molecule has 4 aromatic rings. The number of amides is 2. The first-order chi connectivity index (χ1) is 19.4. The summed E-state index contributed by atoms with van der Waals surface area (Å²) in [5.41, 5.74) is -2.01. The molecule has 0 fully saturated rings. The van der Waals surface area contributed by atoms with Crippen molar-refractivity contribution in [2.45, 2.75) is 19.6 Å². The molecular formula is C23H20F3N6O7PS. The van der Waals surface area contributed by atoms with Crippen molar-refractivity contribution in [1.29, 1.82) is 0 Å². The molecule has 0 aliphatic rings. The third-order valence-electron chi connectivity index (χ3n) is 5.50. The van der Waals surface area contributed by atoms with E-state index < -0.39 is 43.5 Å². The molecule has 0 saturated heterocycles. The lowest BCUT2D eigenvalue weighted by atomic mass is 10.0. The number of hydrogen-bond donors (Lipinski definition) is 5. The number of halogens is 3. The molecule has 4 aromatic heterocycles. The molecule has 18 heteroatoms. The number of rotatable bonds is 9. The second kappa shape index (κ2) is 12.2. The van der Waals surface area contributed by atoms with Gasteiger partial charge in [0.15, 0.2) is 5.69 Å². The van der Waals surface area contributed by atoms with Crippen LogP contribution in [-0.2, 0) is 17.2 Å². The minimum atomic E-state index is -4.70. The zero-order valence-electron chi connectivity index (χ0n) is 20.8. The zero-order valence-corrected chi connectivity index (χ0v) is 22.5. The highest BCUT2D eigenvalue weighted by Gasteiger charge is 2.34. The van der Waals surface area contributed by atoms with E-state index in [1.54, 1.807) is 6.92 Å². The van der Waals surface area contributed by atoms with E-state index in [0.29, 0.717) is 17.9 Å². The van der Waals surface area contributed by atoms with Gasteiger partial charge in [0.2, 0.25) is 5.43 Å². The molecule has 0 bridgehead atoms. The Bertz CT molecular complexity index is 1680. The van der Waals surface area contributed by atoms with Crippen LogP contribution in [0, 0.1) is 0 Å². The Morgan fingerprint density at radius 1 is 1.17 bits per heavy atom. The lowest BCUT2D eigenvalue weighted by molar-refractivity contribution is -0.140. The normalized spacial score (nSPS) is 11.7. The van der Waals surface area contributed by atoms with Crippen molar-refractivity contribution in [3.63, 3.8) is 0 Å². The van der Waals surface area contributed by atoms with E-state index in [9.17, 15) is 32.7 Å². The Morgan fingerprint density at radius 3 is 2.56 bits per heavy atom. The molecule has 0 aliphatic heterocycles. The van der Waals surface area contributed by atoms with Crippen molar-refractivity contribution in [2.24, 2.45) is 0 Å². The lowest BCUT2D eigenvalue weighted by Gasteiger charge is -2.14. The Hall–Kier alpha value is -4.02. The number of carbonyl (C=O) groups is 2. The van der Waals surface area contributed by atoms with Gasteiger partial charge in [0.1, 0.15) is 22.0 Å². The Morgan fingerprint density at radius 2 is 1.93 bits per heavy atom. The average Bonchev–Trinajstić information content (AvgIpc) is 3.41. The minimum Gasteiger partial charge on any atom is -0.477 e. The fourth-order valence-electron chi connectivity index (χ4n) is 3.74. The van der Waals surface area contributed by atoms with Crippen LogP contribution in [0.15, 0.2) is 40.9 Å². The third-order valence-corrected chi connectivity index (χ3v) is 6.79. The second-order valence-electron chi connectivity index (χ2n) is 8.19. The number of nitrogens with zero attached hydrogens (tertiary/aromatic N) is 4. The molecule has 5 N–H and O–H groups in total. The monoisotopic (exact) mass is 612 g/mol. The number of fused-ring (bicyclic) bond motifs is 1. The highest BCUT2D eigenvalue weighted by molar-refractivity contribution is 7.39. The topological polar surface area (TPSA) is 189 Å². The van der Waals surface area contributed by atoms with Gasteiger partial charge in [0.05, 0.1) is 12.0 Å². The van der Waals surface area contributed by atoms with E-state index in [0.717, 1.165) is 11.6 Å². The number of aromatic carboxylic acids is 1. The standard InChI is InChI=1S/C23H20F3N6O7PS/c1-2-27-22(36)31-17-6-12(20-30-16(10-41-20)23(24,25)26)14(8-28-17)11-5-13-18(33)15(21(34)35)9-32(19(13)29-7-11)3-4-39-40(37)38/h5-10,37-38H,2-4H2,1H3,(H,34,35)(H2,27,28,31,36). The Balaban J connectivity index is 1.88. The summed E-state index contributed by atoms with van der Waals surface area (Å²) in [5, 5.41) is 15.2. The van der Waals surface area contributed by atoms with Gasteiger partial charge in [-0.25, -0.2) is 24.5 Å². The van der Waals surface area contributed by atoms with Gasteiger partial charge in [-0.15, -0.1) is 11.3 Å². The van der Waals surface area contributed by atoms with E-state index in [-0.39, 0.29) is 51.7 Å². The number of anilines is 1. The Labute approximate surface area is 233 Å². The molecule has 0 saturated carbocycles. The first kappa shape index (κ1) is 30.0. The Kier molecular flexibility index (Phi) is 8.94. The molecule has 0 aromatic carbocycles. The van der Waals surface area contributed by atoms with Crippen molar-refractivity contribution >= 4 is 48.8 Å². The number of aromatic nitrogens is 4. The number of urea groups is 1. The van der Waals surface area contributed by atoms with Crippen molar-refractivity contribution in [1.82, 2.24) is 24.8 Å². The number of carboxylic acid groups (broad SMARTS) is 1. The summed E-state index contributed by atoms with van der Waals surface area (Å²) in [6, 6.07) is 2.04. The summed E-state index contributed by atoms with van der Waals surface area (Å²) in [5.74, 6) is -1.51. The lowest BCUT2D eigenvalue weighted by Crippen LogP contribution is -2.28. The number of alkyl halides is 3. The van der Waals surface area contributed by atoms with Gasteiger partial charge in [0.25, 0.3) is 0 Å². The highest BCUT2D eigenvalue weighted by atomic mass is 32.1. The molecule has 0 aliphatic carbocycles. The second-order valence-corrected chi connectivity index (χ2v) is 9.81. The number of hydrogen-bond acceptors (Lipinski definition) is 10. The molecule has 41 heavy (non-hydrogen) atoms. The quantitative estimate of drug-likeness (QED) is 0.175. The number of carboxylic acids is 1.